The van der Waals surface area contributed by atoms with Crippen molar-refractivity contribution in [2.75, 3.05) is 26.8 Å². The SMILES string of the molecule is CC(CN(C)CCCF)C(=N)N. The van der Waals surface area contributed by atoms with E-state index in [2.05, 4.69) is 0 Å². The molecule has 1 unspecified atom stereocenters. The molecule has 0 heterocycles. The van der Waals surface area contributed by atoms with Gasteiger partial charge < -0.3 is 10.6 Å². The molecule has 3 nitrogen and oxygen atoms in total. The summed E-state index contributed by atoms with van der Waals surface area (Å²) >= 11 is 0. The van der Waals surface area contributed by atoms with Crippen molar-refractivity contribution in [3.8, 4) is 0 Å². The molecule has 0 aliphatic rings. The van der Waals surface area contributed by atoms with E-state index in [1.807, 2.05) is 18.9 Å². The van der Waals surface area contributed by atoms with E-state index in [0.717, 1.165) is 13.1 Å². The number of alkyl halides is 1. The highest BCUT2D eigenvalue weighted by molar-refractivity contribution is 5.79. The van der Waals surface area contributed by atoms with Gasteiger partial charge in [-0.3, -0.25) is 9.80 Å². The lowest BCUT2D eigenvalue weighted by Gasteiger charge is -2.19. The van der Waals surface area contributed by atoms with E-state index in [0.29, 0.717) is 6.42 Å². The fraction of sp³-hybridized carbons (Fsp3) is 0.875. The quantitative estimate of drug-likeness (QED) is 0.464. The topological polar surface area (TPSA) is 53.1 Å². The van der Waals surface area contributed by atoms with Crippen LogP contribution in [0.4, 0.5) is 4.39 Å². The average Bonchev–Trinajstić information content (AvgIpc) is 2.00. The molecular formula is C8H18FN3. The van der Waals surface area contributed by atoms with Crippen molar-refractivity contribution < 1.29 is 4.39 Å². The van der Waals surface area contributed by atoms with Gasteiger partial charge in [0.05, 0.1) is 12.5 Å². The number of hydrogen-bond acceptors (Lipinski definition) is 2. The predicted octanol–water partition coefficient (Wildman–Crippen LogP) is 0.850. The molecule has 72 valence electrons. The summed E-state index contributed by atoms with van der Waals surface area (Å²) in [5.41, 5.74) is 5.30. The second kappa shape index (κ2) is 5.94. The number of nitrogens with zero attached hydrogens (tertiary/aromatic N) is 1. The van der Waals surface area contributed by atoms with E-state index in [1.165, 1.54) is 0 Å². The Bertz CT molecular complexity index is 138. The van der Waals surface area contributed by atoms with Gasteiger partial charge >= 0.3 is 0 Å². The van der Waals surface area contributed by atoms with E-state index < -0.39 is 0 Å². The van der Waals surface area contributed by atoms with E-state index in [1.54, 1.807) is 0 Å². The molecule has 0 aromatic heterocycles. The zero-order chi connectivity index (χ0) is 9.56. The lowest BCUT2D eigenvalue weighted by atomic mass is 10.1. The zero-order valence-corrected chi connectivity index (χ0v) is 7.81. The van der Waals surface area contributed by atoms with Crippen LogP contribution in [0.25, 0.3) is 0 Å². The van der Waals surface area contributed by atoms with Gasteiger partial charge in [0, 0.05) is 19.0 Å². The Morgan fingerprint density at radius 1 is 1.67 bits per heavy atom. The van der Waals surface area contributed by atoms with Crippen molar-refractivity contribution in [1.29, 1.82) is 5.41 Å². The zero-order valence-electron chi connectivity index (χ0n) is 7.81. The highest BCUT2D eigenvalue weighted by Crippen LogP contribution is 1.97. The first-order chi connectivity index (χ1) is 5.57. The summed E-state index contributed by atoms with van der Waals surface area (Å²) < 4.78 is 11.8. The van der Waals surface area contributed by atoms with Crippen molar-refractivity contribution in [3.63, 3.8) is 0 Å². The molecule has 4 heteroatoms. The Hall–Kier alpha value is -0.640. The van der Waals surface area contributed by atoms with Crippen molar-refractivity contribution in [1.82, 2.24) is 4.90 Å². The van der Waals surface area contributed by atoms with Crippen molar-refractivity contribution in [3.05, 3.63) is 0 Å². The highest BCUT2D eigenvalue weighted by atomic mass is 19.1. The molecule has 0 spiro atoms. The number of hydrogen-bond donors (Lipinski definition) is 2. The molecule has 0 saturated heterocycles. The van der Waals surface area contributed by atoms with Crippen LogP contribution in [0.3, 0.4) is 0 Å². The van der Waals surface area contributed by atoms with Crippen molar-refractivity contribution >= 4 is 5.84 Å². The second-order valence-corrected chi connectivity index (χ2v) is 3.16. The number of rotatable bonds is 6. The van der Waals surface area contributed by atoms with Crippen LogP contribution in [0.1, 0.15) is 13.3 Å². The van der Waals surface area contributed by atoms with Crippen LogP contribution < -0.4 is 5.73 Å². The largest absolute Gasteiger partial charge is 0.387 e. The highest BCUT2D eigenvalue weighted by Gasteiger charge is 2.07. The molecule has 0 fully saturated rings. The van der Waals surface area contributed by atoms with Gasteiger partial charge in [-0.05, 0) is 13.5 Å². The van der Waals surface area contributed by atoms with E-state index in [-0.39, 0.29) is 18.4 Å². The summed E-state index contributed by atoms with van der Waals surface area (Å²) in [4.78, 5) is 1.99. The third kappa shape index (κ3) is 5.07. The standard InChI is InChI=1S/C8H18FN3/c1-7(8(10)11)6-12(2)5-3-4-9/h7H,3-6H2,1-2H3,(H3,10,11). The summed E-state index contributed by atoms with van der Waals surface area (Å²) in [6, 6.07) is 0. The smallest absolute Gasteiger partial charge is 0.0947 e. The van der Waals surface area contributed by atoms with Crippen LogP contribution in [0, 0.1) is 11.3 Å². The summed E-state index contributed by atoms with van der Waals surface area (Å²) in [5.74, 6) is 0.261. The number of amidine groups is 1. The predicted molar refractivity (Wildman–Crippen MR) is 49.2 cm³/mol. The number of nitrogens with two attached hydrogens (primary N) is 1. The second-order valence-electron chi connectivity index (χ2n) is 3.16. The molecule has 0 radical (unpaired) electrons. The molecule has 0 aromatic carbocycles. The van der Waals surface area contributed by atoms with Crippen molar-refractivity contribution in [2.45, 2.75) is 13.3 Å². The minimum atomic E-state index is -0.279. The van der Waals surface area contributed by atoms with Crippen LogP contribution in [-0.4, -0.2) is 37.5 Å². The molecule has 0 saturated carbocycles. The van der Waals surface area contributed by atoms with Gasteiger partial charge in [-0.2, -0.15) is 0 Å². The minimum Gasteiger partial charge on any atom is -0.387 e. The van der Waals surface area contributed by atoms with Gasteiger partial charge in [-0.25, -0.2) is 0 Å². The first-order valence-corrected chi connectivity index (χ1v) is 4.16. The molecule has 0 aromatic rings. The maximum atomic E-state index is 11.8. The van der Waals surface area contributed by atoms with E-state index in [9.17, 15) is 4.39 Å². The minimum absolute atomic E-state index is 0.0645. The molecule has 0 bridgehead atoms. The average molecular weight is 175 g/mol. The maximum Gasteiger partial charge on any atom is 0.0947 e. The van der Waals surface area contributed by atoms with Gasteiger partial charge in [0.1, 0.15) is 0 Å². The normalized spacial score (nSPS) is 13.3. The Labute approximate surface area is 73.2 Å². The van der Waals surface area contributed by atoms with Crippen molar-refractivity contribution in [2.24, 2.45) is 11.7 Å². The van der Waals surface area contributed by atoms with Gasteiger partial charge in [0.2, 0.25) is 0 Å². The summed E-state index contributed by atoms with van der Waals surface area (Å²) in [5, 5.41) is 7.15. The first-order valence-electron chi connectivity index (χ1n) is 4.16. The number of nitrogens with one attached hydrogen (secondary N) is 1. The molecule has 12 heavy (non-hydrogen) atoms. The lowest BCUT2D eigenvalue weighted by molar-refractivity contribution is 0.293. The Kier molecular flexibility index (Phi) is 5.62. The summed E-state index contributed by atoms with van der Waals surface area (Å²) in [7, 11) is 1.91. The van der Waals surface area contributed by atoms with Crippen LogP contribution in [0.15, 0.2) is 0 Å². The maximum absolute atomic E-state index is 11.8. The summed E-state index contributed by atoms with van der Waals surface area (Å²) in [6.07, 6.45) is 0.557. The van der Waals surface area contributed by atoms with Crippen LogP contribution in [-0.2, 0) is 0 Å². The van der Waals surface area contributed by atoms with E-state index >= 15 is 0 Å². The fourth-order valence-corrected chi connectivity index (χ4v) is 0.987. The van der Waals surface area contributed by atoms with Gasteiger partial charge in [-0.1, -0.05) is 6.92 Å². The lowest BCUT2D eigenvalue weighted by Crippen LogP contribution is -2.32. The van der Waals surface area contributed by atoms with Crippen LogP contribution in [0.5, 0.6) is 0 Å². The first kappa shape index (κ1) is 11.4. The van der Waals surface area contributed by atoms with Crippen LogP contribution in [0.2, 0.25) is 0 Å². The molecule has 0 aliphatic heterocycles. The third-order valence-electron chi connectivity index (χ3n) is 1.79. The van der Waals surface area contributed by atoms with Gasteiger partial charge in [0.15, 0.2) is 0 Å². The molecule has 0 amide bonds. The summed E-state index contributed by atoms with van der Waals surface area (Å²) in [6.45, 7) is 3.08. The Morgan fingerprint density at radius 2 is 2.25 bits per heavy atom. The van der Waals surface area contributed by atoms with E-state index in [4.69, 9.17) is 11.1 Å². The Balaban J connectivity index is 3.53. The molecule has 3 N–H and O–H groups in total. The third-order valence-corrected chi connectivity index (χ3v) is 1.79. The fourth-order valence-electron chi connectivity index (χ4n) is 0.987. The van der Waals surface area contributed by atoms with Crippen LogP contribution >= 0.6 is 0 Å². The molecule has 1 atom stereocenters. The Morgan fingerprint density at radius 3 is 2.67 bits per heavy atom. The molecule has 0 aliphatic carbocycles. The monoisotopic (exact) mass is 175 g/mol. The molecular weight excluding hydrogens is 157 g/mol. The van der Waals surface area contributed by atoms with Gasteiger partial charge in [-0.15, -0.1) is 0 Å². The number of halogens is 1. The molecule has 0 rings (SSSR count). The van der Waals surface area contributed by atoms with Gasteiger partial charge in [0.25, 0.3) is 0 Å².